The van der Waals surface area contributed by atoms with Crippen LogP contribution in [0.4, 0.5) is 0 Å². The van der Waals surface area contributed by atoms with Gasteiger partial charge >= 0.3 is 5.69 Å². The van der Waals surface area contributed by atoms with Crippen molar-refractivity contribution in [1.29, 1.82) is 0 Å². The maximum atomic E-state index is 12.7. The van der Waals surface area contributed by atoms with Crippen molar-refractivity contribution < 1.29 is 28.4 Å². The Morgan fingerprint density at radius 3 is 2.05 bits per heavy atom. The molecule has 3 aromatic carbocycles. The van der Waals surface area contributed by atoms with Crippen molar-refractivity contribution in [1.82, 2.24) is 9.55 Å². The van der Waals surface area contributed by atoms with E-state index in [0.29, 0.717) is 17.1 Å². The highest BCUT2D eigenvalue weighted by Crippen LogP contribution is 2.44. The summed E-state index contributed by atoms with van der Waals surface area (Å²) < 4.78 is 31.1. The number of H-pyrrole nitrogens is 1. The first kappa shape index (κ1) is 31.0. The lowest BCUT2D eigenvalue weighted by atomic mass is 9.80. The fourth-order valence-corrected chi connectivity index (χ4v) is 6.11. The number of hydrogen-bond acceptors (Lipinski definition) is 9. The lowest BCUT2D eigenvalue weighted by Crippen LogP contribution is -2.38. The number of methoxy groups -OCH3 is 2. The molecular formula is C31H32N2O8PS-. The Labute approximate surface area is 255 Å². The van der Waals surface area contributed by atoms with Crippen molar-refractivity contribution in [3.05, 3.63) is 128 Å². The average Bonchev–Trinajstić information content (AvgIpc) is 3.41. The zero-order valence-corrected chi connectivity index (χ0v) is 25.5. The minimum absolute atomic E-state index is 0.00368. The van der Waals surface area contributed by atoms with Gasteiger partial charge in [-0.2, -0.15) is 0 Å². The first-order valence-corrected chi connectivity index (χ1v) is 15.8. The Hall–Kier alpha value is -3.44. The monoisotopic (exact) mass is 623 g/mol. The zero-order valence-electron chi connectivity index (χ0n) is 23.8. The van der Waals surface area contributed by atoms with Gasteiger partial charge in [0, 0.05) is 25.8 Å². The molecule has 1 aliphatic heterocycles. The highest BCUT2D eigenvalue weighted by molar-refractivity contribution is 8.28. The van der Waals surface area contributed by atoms with Crippen LogP contribution in [0.15, 0.2) is 94.6 Å². The standard InChI is InChI=1S/C31H32N2O8PS/c1-20-18-33(30(35)32-29(20)34)28-17-26(41-42(36)43)27(40-28)19-39-31(21-7-5-4-6-8-21,22-9-13-24(37-2)14-10-22)23-11-15-25(38-3)16-12-23/h4-16,18,26-28,36H,17,19H2,1-3H3,(H,32,34,35)/q-1/t26-,27+,28+,42?/m0/s1. The summed E-state index contributed by atoms with van der Waals surface area (Å²) in [7, 11) is 1.07. The van der Waals surface area contributed by atoms with E-state index in [9.17, 15) is 14.5 Å². The fraction of sp³-hybridized carbons (Fsp3) is 0.290. The predicted octanol–water partition coefficient (Wildman–Crippen LogP) is 4.31. The molecule has 1 saturated heterocycles. The van der Waals surface area contributed by atoms with Crippen LogP contribution < -0.4 is 20.7 Å². The van der Waals surface area contributed by atoms with E-state index in [4.69, 9.17) is 35.7 Å². The van der Waals surface area contributed by atoms with Crippen LogP contribution in [0.1, 0.15) is 34.9 Å². The Morgan fingerprint density at radius 2 is 1.51 bits per heavy atom. The molecule has 1 unspecified atom stereocenters. The SMILES string of the molecule is COc1ccc(C(OC[C@H]2O[C@@H](n3cc(C)c(=O)[nH]c3=O)C[C@@H]2OP(O)[S-])(c2ccccc2)c2ccc(OC)cc2)cc1. The van der Waals surface area contributed by atoms with Crippen LogP contribution in [0, 0.1) is 6.92 Å². The normalized spacial score (nSPS) is 19.2. The van der Waals surface area contributed by atoms with Crippen molar-refractivity contribution >= 4 is 19.8 Å². The van der Waals surface area contributed by atoms with Crippen molar-refractivity contribution in [3.63, 3.8) is 0 Å². The number of rotatable bonds is 11. The lowest BCUT2D eigenvalue weighted by molar-refractivity contribution is -0.0912. The highest BCUT2D eigenvalue weighted by atomic mass is 32.7. The maximum Gasteiger partial charge on any atom is 0.330 e. The van der Waals surface area contributed by atoms with Crippen molar-refractivity contribution in [3.8, 4) is 11.5 Å². The molecule has 1 aliphatic rings. The summed E-state index contributed by atoms with van der Waals surface area (Å²) in [5.41, 5.74) is 0.680. The molecule has 1 fully saturated rings. The molecule has 12 heteroatoms. The molecule has 2 heterocycles. The summed E-state index contributed by atoms with van der Waals surface area (Å²) in [5, 5.41) is 0. The van der Waals surface area contributed by atoms with E-state index in [1.807, 2.05) is 78.9 Å². The number of benzene rings is 3. The van der Waals surface area contributed by atoms with E-state index < -0.39 is 42.9 Å². The van der Waals surface area contributed by atoms with Gasteiger partial charge in [-0.3, -0.25) is 14.3 Å². The summed E-state index contributed by atoms with van der Waals surface area (Å²) in [6, 6.07) is 25.0. The van der Waals surface area contributed by atoms with Gasteiger partial charge in [0.15, 0.2) is 0 Å². The van der Waals surface area contributed by atoms with E-state index >= 15 is 0 Å². The van der Waals surface area contributed by atoms with E-state index in [2.05, 4.69) is 4.98 Å². The quantitative estimate of drug-likeness (QED) is 0.143. The molecule has 226 valence electrons. The van der Waals surface area contributed by atoms with Gasteiger partial charge in [-0.05, 0) is 47.9 Å². The summed E-state index contributed by atoms with van der Waals surface area (Å²) >= 11 is 4.98. The van der Waals surface area contributed by atoms with Crippen LogP contribution >= 0.6 is 7.58 Å². The van der Waals surface area contributed by atoms with Crippen LogP contribution in [-0.2, 0) is 31.8 Å². The molecule has 0 bridgehead atoms. The molecule has 5 rings (SSSR count). The van der Waals surface area contributed by atoms with Gasteiger partial charge in [0.25, 0.3) is 5.56 Å². The second-order valence-electron chi connectivity index (χ2n) is 10.0. The Morgan fingerprint density at radius 1 is 0.953 bits per heavy atom. The molecule has 0 radical (unpaired) electrons. The molecule has 1 aromatic heterocycles. The predicted molar refractivity (Wildman–Crippen MR) is 164 cm³/mol. The number of nitrogens with one attached hydrogen (secondary N) is 1. The van der Waals surface area contributed by atoms with Gasteiger partial charge in [0.2, 0.25) is 0 Å². The van der Waals surface area contributed by atoms with Crippen molar-refractivity contribution in [2.24, 2.45) is 0 Å². The van der Waals surface area contributed by atoms with Gasteiger partial charge in [0.05, 0.1) is 26.9 Å². The third-order valence-electron chi connectivity index (χ3n) is 7.50. The molecule has 0 saturated carbocycles. The number of ether oxygens (including phenoxy) is 4. The summed E-state index contributed by atoms with van der Waals surface area (Å²) in [4.78, 5) is 36.9. The molecule has 43 heavy (non-hydrogen) atoms. The Balaban J connectivity index is 1.57. The van der Waals surface area contributed by atoms with Gasteiger partial charge < -0.3 is 40.6 Å². The van der Waals surface area contributed by atoms with Crippen LogP contribution in [0.25, 0.3) is 0 Å². The Bertz CT molecular complexity index is 1580. The third-order valence-corrected chi connectivity index (χ3v) is 8.21. The minimum Gasteiger partial charge on any atom is -0.700 e. The molecule has 2 N–H and O–H groups in total. The molecule has 0 spiro atoms. The van der Waals surface area contributed by atoms with Crippen LogP contribution in [0.5, 0.6) is 11.5 Å². The number of aromatic nitrogens is 2. The van der Waals surface area contributed by atoms with Gasteiger partial charge in [-0.1, -0.05) is 54.6 Å². The van der Waals surface area contributed by atoms with Crippen molar-refractivity contribution in [2.45, 2.75) is 37.4 Å². The van der Waals surface area contributed by atoms with Crippen LogP contribution in [-0.4, -0.2) is 47.5 Å². The summed E-state index contributed by atoms with van der Waals surface area (Å²) in [6.45, 7) is 1.61. The average molecular weight is 624 g/mol. The fourth-order valence-electron chi connectivity index (χ4n) is 5.33. The zero-order chi connectivity index (χ0) is 30.6. The minimum atomic E-state index is -2.15. The molecule has 4 aromatic rings. The maximum absolute atomic E-state index is 12.7. The highest BCUT2D eigenvalue weighted by Gasteiger charge is 2.43. The number of aryl methyl sites for hydroxylation is 1. The molecular weight excluding hydrogens is 591 g/mol. The summed E-state index contributed by atoms with van der Waals surface area (Å²) in [6.07, 6.45) is -0.523. The molecule has 10 nitrogen and oxygen atoms in total. The van der Waals surface area contributed by atoms with E-state index in [0.717, 1.165) is 16.7 Å². The third kappa shape index (κ3) is 6.57. The van der Waals surface area contributed by atoms with E-state index in [1.54, 1.807) is 21.1 Å². The number of aromatic amines is 1. The van der Waals surface area contributed by atoms with E-state index in [-0.39, 0.29) is 13.0 Å². The molecule has 0 amide bonds. The number of hydrogen-bond donors (Lipinski definition) is 2. The topological polar surface area (TPSA) is 121 Å². The van der Waals surface area contributed by atoms with Gasteiger partial charge in [-0.25, -0.2) is 4.79 Å². The molecule has 4 atom stereocenters. The van der Waals surface area contributed by atoms with Crippen molar-refractivity contribution in [2.75, 3.05) is 20.8 Å². The van der Waals surface area contributed by atoms with Gasteiger partial charge in [-0.15, -0.1) is 0 Å². The van der Waals surface area contributed by atoms with Crippen LogP contribution in [0.3, 0.4) is 0 Å². The second-order valence-corrected chi connectivity index (χ2v) is 11.7. The summed E-state index contributed by atoms with van der Waals surface area (Å²) in [5.74, 6) is 1.39. The first-order valence-electron chi connectivity index (χ1n) is 13.5. The smallest absolute Gasteiger partial charge is 0.330 e. The Kier molecular flexibility index (Phi) is 9.71. The van der Waals surface area contributed by atoms with E-state index in [1.165, 1.54) is 10.8 Å². The largest absolute Gasteiger partial charge is 0.700 e. The number of nitrogens with zero attached hydrogens (tertiary/aromatic N) is 1. The first-order chi connectivity index (χ1) is 20.7. The second kappa shape index (κ2) is 13.5. The van der Waals surface area contributed by atoms with Gasteiger partial charge in [0.1, 0.15) is 29.4 Å². The lowest BCUT2D eigenvalue weighted by Gasteiger charge is -2.37. The molecule has 0 aliphatic carbocycles. The van der Waals surface area contributed by atoms with Crippen LogP contribution in [0.2, 0.25) is 0 Å².